The van der Waals surface area contributed by atoms with Gasteiger partial charge in [-0.15, -0.1) is 0 Å². The number of para-hydroxylation sites is 1. The van der Waals surface area contributed by atoms with Crippen LogP contribution in [0.4, 0.5) is 0 Å². The summed E-state index contributed by atoms with van der Waals surface area (Å²) in [6.07, 6.45) is 7.31. The predicted octanol–water partition coefficient (Wildman–Crippen LogP) is 1.84. The third-order valence-corrected chi connectivity index (χ3v) is 5.13. The summed E-state index contributed by atoms with van der Waals surface area (Å²) in [6.45, 7) is 7.14. The summed E-state index contributed by atoms with van der Waals surface area (Å²) in [5, 5.41) is 4.42. The highest BCUT2D eigenvalue weighted by Crippen LogP contribution is 2.16. The SMILES string of the molecule is Cc1c(C(=O)N2CCN(CCn3ccnc3)CC2)cnn1-c1ccccc1. The van der Waals surface area contributed by atoms with E-state index in [0.717, 1.165) is 50.6 Å². The molecule has 1 saturated heterocycles. The van der Waals surface area contributed by atoms with E-state index in [1.165, 1.54) is 0 Å². The van der Waals surface area contributed by atoms with Gasteiger partial charge in [0.05, 0.1) is 29.5 Å². The van der Waals surface area contributed by atoms with Gasteiger partial charge in [0.1, 0.15) is 0 Å². The fourth-order valence-electron chi connectivity index (χ4n) is 3.47. The molecule has 0 spiro atoms. The molecule has 1 fully saturated rings. The Bertz CT molecular complexity index is 879. The lowest BCUT2D eigenvalue weighted by Gasteiger charge is -2.34. The number of amides is 1. The zero-order chi connectivity index (χ0) is 18.6. The molecule has 4 rings (SSSR count). The highest BCUT2D eigenvalue weighted by Gasteiger charge is 2.25. The lowest BCUT2D eigenvalue weighted by molar-refractivity contribution is 0.0632. The van der Waals surface area contributed by atoms with E-state index in [1.807, 2.05) is 59.4 Å². The Hall–Kier alpha value is -2.93. The molecule has 3 heterocycles. The Labute approximate surface area is 158 Å². The highest BCUT2D eigenvalue weighted by molar-refractivity contribution is 5.95. The van der Waals surface area contributed by atoms with Crippen LogP contribution >= 0.6 is 0 Å². The van der Waals surface area contributed by atoms with Crippen molar-refractivity contribution in [3.8, 4) is 5.69 Å². The second kappa shape index (κ2) is 7.75. The number of rotatable bonds is 5. The molecule has 1 aliphatic heterocycles. The lowest BCUT2D eigenvalue weighted by atomic mass is 10.2. The van der Waals surface area contributed by atoms with E-state index in [9.17, 15) is 4.79 Å². The van der Waals surface area contributed by atoms with Crippen LogP contribution in [0, 0.1) is 6.92 Å². The van der Waals surface area contributed by atoms with Crippen molar-refractivity contribution in [1.29, 1.82) is 0 Å². The molecule has 3 aromatic rings. The average Bonchev–Trinajstić information content (AvgIpc) is 3.37. The maximum atomic E-state index is 13.0. The molecular formula is C20H24N6O. The summed E-state index contributed by atoms with van der Waals surface area (Å²) >= 11 is 0. The van der Waals surface area contributed by atoms with Gasteiger partial charge in [0, 0.05) is 51.7 Å². The topological polar surface area (TPSA) is 59.2 Å². The van der Waals surface area contributed by atoms with Gasteiger partial charge in [0.25, 0.3) is 5.91 Å². The quantitative estimate of drug-likeness (QED) is 0.693. The zero-order valence-corrected chi connectivity index (χ0v) is 15.5. The molecule has 0 unspecified atom stereocenters. The first-order valence-corrected chi connectivity index (χ1v) is 9.30. The summed E-state index contributed by atoms with van der Waals surface area (Å²) in [4.78, 5) is 21.4. The average molecular weight is 364 g/mol. The number of hydrogen-bond donors (Lipinski definition) is 0. The second-order valence-electron chi connectivity index (χ2n) is 6.83. The van der Waals surface area contributed by atoms with Crippen molar-refractivity contribution in [3.05, 3.63) is 66.5 Å². The van der Waals surface area contributed by atoms with E-state index in [2.05, 4.69) is 19.5 Å². The van der Waals surface area contributed by atoms with E-state index >= 15 is 0 Å². The summed E-state index contributed by atoms with van der Waals surface area (Å²) in [5.41, 5.74) is 2.54. The summed E-state index contributed by atoms with van der Waals surface area (Å²) in [7, 11) is 0. The first-order chi connectivity index (χ1) is 13.2. The standard InChI is InChI=1S/C20H24N6O/c1-17-19(15-22-26(17)18-5-3-2-4-6-18)20(27)25-13-11-23(12-14-25)9-10-24-8-7-21-16-24/h2-8,15-16H,9-14H2,1H3. The van der Waals surface area contributed by atoms with Crippen LogP contribution in [-0.2, 0) is 6.54 Å². The van der Waals surface area contributed by atoms with Crippen LogP contribution in [0.25, 0.3) is 5.69 Å². The van der Waals surface area contributed by atoms with Crippen molar-refractivity contribution in [2.24, 2.45) is 0 Å². The Morgan fingerprint density at radius 1 is 1.07 bits per heavy atom. The maximum Gasteiger partial charge on any atom is 0.257 e. The fourth-order valence-corrected chi connectivity index (χ4v) is 3.47. The normalized spacial score (nSPS) is 15.2. The van der Waals surface area contributed by atoms with Gasteiger partial charge in [-0.3, -0.25) is 9.69 Å². The molecule has 1 amide bonds. The Morgan fingerprint density at radius 2 is 1.85 bits per heavy atom. The number of carbonyl (C=O) groups excluding carboxylic acids is 1. The molecule has 0 saturated carbocycles. The maximum absolute atomic E-state index is 13.0. The molecule has 1 aromatic carbocycles. The monoisotopic (exact) mass is 364 g/mol. The van der Waals surface area contributed by atoms with Crippen LogP contribution in [0.1, 0.15) is 16.1 Å². The van der Waals surface area contributed by atoms with Gasteiger partial charge >= 0.3 is 0 Å². The van der Waals surface area contributed by atoms with Crippen LogP contribution in [-0.4, -0.2) is 67.8 Å². The molecule has 0 atom stereocenters. The van der Waals surface area contributed by atoms with E-state index in [-0.39, 0.29) is 5.91 Å². The first-order valence-electron chi connectivity index (χ1n) is 9.30. The van der Waals surface area contributed by atoms with Crippen LogP contribution in [0.15, 0.2) is 55.2 Å². The molecule has 27 heavy (non-hydrogen) atoms. The second-order valence-corrected chi connectivity index (χ2v) is 6.83. The molecule has 140 valence electrons. The number of imidazole rings is 1. The van der Waals surface area contributed by atoms with Gasteiger partial charge < -0.3 is 9.47 Å². The Kier molecular flexibility index (Phi) is 5.02. The van der Waals surface area contributed by atoms with Gasteiger partial charge in [0.15, 0.2) is 0 Å². The number of piperazine rings is 1. The predicted molar refractivity (Wildman–Crippen MR) is 103 cm³/mol. The van der Waals surface area contributed by atoms with Crippen LogP contribution < -0.4 is 0 Å². The van der Waals surface area contributed by atoms with Crippen molar-refractivity contribution in [1.82, 2.24) is 29.1 Å². The van der Waals surface area contributed by atoms with Gasteiger partial charge in [-0.25, -0.2) is 9.67 Å². The third-order valence-electron chi connectivity index (χ3n) is 5.13. The Morgan fingerprint density at radius 3 is 2.56 bits per heavy atom. The largest absolute Gasteiger partial charge is 0.336 e. The van der Waals surface area contributed by atoms with Crippen molar-refractivity contribution < 1.29 is 4.79 Å². The van der Waals surface area contributed by atoms with E-state index < -0.39 is 0 Å². The molecule has 7 nitrogen and oxygen atoms in total. The summed E-state index contributed by atoms with van der Waals surface area (Å²) in [5.74, 6) is 0.0731. The molecular weight excluding hydrogens is 340 g/mol. The molecule has 0 N–H and O–H groups in total. The molecule has 0 radical (unpaired) electrons. The van der Waals surface area contributed by atoms with Crippen molar-refractivity contribution >= 4 is 5.91 Å². The minimum Gasteiger partial charge on any atom is -0.336 e. The van der Waals surface area contributed by atoms with Crippen molar-refractivity contribution in [2.75, 3.05) is 32.7 Å². The molecule has 7 heteroatoms. The molecule has 0 aliphatic carbocycles. The van der Waals surface area contributed by atoms with E-state index in [4.69, 9.17) is 0 Å². The lowest BCUT2D eigenvalue weighted by Crippen LogP contribution is -2.49. The number of hydrogen-bond acceptors (Lipinski definition) is 4. The highest BCUT2D eigenvalue weighted by atomic mass is 16.2. The van der Waals surface area contributed by atoms with E-state index in [1.54, 1.807) is 12.4 Å². The third kappa shape index (κ3) is 3.78. The van der Waals surface area contributed by atoms with Gasteiger partial charge in [-0.2, -0.15) is 5.10 Å². The minimum absolute atomic E-state index is 0.0731. The summed E-state index contributed by atoms with van der Waals surface area (Å²) < 4.78 is 3.91. The zero-order valence-electron chi connectivity index (χ0n) is 15.5. The molecule has 1 aliphatic rings. The smallest absolute Gasteiger partial charge is 0.257 e. The molecule has 2 aromatic heterocycles. The number of nitrogens with zero attached hydrogens (tertiary/aromatic N) is 6. The van der Waals surface area contributed by atoms with Crippen molar-refractivity contribution in [3.63, 3.8) is 0 Å². The van der Waals surface area contributed by atoms with Gasteiger partial charge in [0.2, 0.25) is 0 Å². The van der Waals surface area contributed by atoms with Crippen LogP contribution in [0.2, 0.25) is 0 Å². The Balaban J connectivity index is 1.36. The first kappa shape index (κ1) is 17.5. The number of carbonyl (C=O) groups is 1. The van der Waals surface area contributed by atoms with E-state index in [0.29, 0.717) is 5.56 Å². The fraction of sp³-hybridized carbons (Fsp3) is 0.350. The minimum atomic E-state index is 0.0731. The molecule has 0 bridgehead atoms. The summed E-state index contributed by atoms with van der Waals surface area (Å²) in [6, 6.07) is 9.91. The van der Waals surface area contributed by atoms with Crippen molar-refractivity contribution in [2.45, 2.75) is 13.5 Å². The number of aromatic nitrogens is 4. The van der Waals surface area contributed by atoms with Crippen LogP contribution in [0.5, 0.6) is 0 Å². The van der Waals surface area contributed by atoms with Crippen LogP contribution in [0.3, 0.4) is 0 Å². The van der Waals surface area contributed by atoms with Gasteiger partial charge in [-0.1, -0.05) is 18.2 Å². The number of benzene rings is 1. The van der Waals surface area contributed by atoms with Gasteiger partial charge in [-0.05, 0) is 19.1 Å².